The van der Waals surface area contributed by atoms with Gasteiger partial charge in [0.05, 0.1) is 0 Å². The van der Waals surface area contributed by atoms with Crippen LogP contribution in [0.1, 0.15) is 70.8 Å². The second kappa shape index (κ2) is 8.77. The largest absolute Gasteiger partial charge is 0.365 e. The Balaban J connectivity index is 2.09. The fraction of sp³-hybridized carbons (Fsp3) is 0.579. The van der Waals surface area contributed by atoms with Gasteiger partial charge < -0.3 is 5.11 Å². The molecule has 1 N–H and O–H groups in total. The number of nitrogens with zero attached hydrogens (tertiary/aromatic N) is 2. The average Bonchev–Trinajstić information content (AvgIpc) is 2.93. The van der Waals surface area contributed by atoms with Gasteiger partial charge in [-0.1, -0.05) is 67.6 Å². The summed E-state index contributed by atoms with van der Waals surface area (Å²) in [6.45, 7) is 4.17. The number of hydrogen-bond acceptors (Lipinski definition) is 3. The Kier molecular flexibility index (Phi) is 6.99. The third kappa shape index (κ3) is 4.45. The van der Waals surface area contributed by atoms with Crippen LogP contribution in [0.5, 0.6) is 0 Å². The van der Waals surface area contributed by atoms with E-state index in [2.05, 4.69) is 28.0 Å². The van der Waals surface area contributed by atoms with E-state index in [1.165, 1.54) is 17.9 Å². The van der Waals surface area contributed by atoms with Crippen molar-refractivity contribution < 1.29 is 9.90 Å². The van der Waals surface area contributed by atoms with Crippen LogP contribution in [0, 0.1) is 0 Å². The molecule has 5 heteroatoms. The van der Waals surface area contributed by atoms with Crippen LogP contribution in [0.15, 0.2) is 33.8 Å². The third-order valence-corrected chi connectivity index (χ3v) is 5.02. The summed E-state index contributed by atoms with van der Waals surface area (Å²) in [5.41, 5.74) is 0.212. The van der Waals surface area contributed by atoms with E-state index in [-0.39, 0.29) is 5.91 Å². The van der Waals surface area contributed by atoms with Gasteiger partial charge in [0.2, 0.25) is 5.91 Å². The molecule has 0 bridgehead atoms. The molecule has 1 aliphatic rings. The molecule has 0 aliphatic carbocycles. The smallest absolute Gasteiger partial charge is 0.245 e. The molecule has 0 radical (unpaired) electrons. The average molecular weight is 395 g/mol. The molecule has 0 saturated carbocycles. The molecule has 0 saturated heterocycles. The Morgan fingerprint density at radius 3 is 2.50 bits per heavy atom. The minimum Gasteiger partial charge on any atom is -0.365 e. The molecule has 24 heavy (non-hydrogen) atoms. The third-order valence-electron chi connectivity index (χ3n) is 4.49. The first-order chi connectivity index (χ1) is 11.5. The monoisotopic (exact) mass is 394 g/mol. The van der Waals surface area contributed by atoms with Crippen molar-refractivity contribution in [1.29, 1.82) is 0 Å². The van der Waals surface area contributed by atoms with Crippen molar-refractivity contribution in [2.24, 2.45) is 5.10 Å². The van der Waals surface area contributed by atoms with E-state index in [0.29, 0.717) is 18.4 Å². The molecule has 1 aromatic rings. The maximum atomic E-state index is 12.6. The standard InChI is InChI=1S/C19H27BrN2O2/c1-3-5-6-7-8-9-18(23)22-19(24,14-17(4-2)21-22)15-10-12-16(20)13-11-15/h10-13,24H,3-9,14H2,1-2H3/t19-/m1/s1. The molecule has 132 valence electrons. The Labute approximate surface area is 153 Å². The lowest BCUT2D eigenvalue weighted by Crippen LogP contribution is -2.43. The Bertz CT molecular complexity index is 586. The van der Waals surface area contributed by atoms with E-state index in [1.54, 1.807) is 0 Å². The lowest BCUT2D eigenvalue weighted by atomic mass is 9.96. The maximum absolute atomic E-state index is 12.6. The summed E-state index contributed by atoms with van der Waals surface area (Å²) >= 11 is 3.41. The van der Waals surface area contributed by atoms with Gasteiger partial charge in [-0.05, 0) is 25.0 Å². The van der Waals surface area contributed by atoms with E-state index < -0.39 is 5.72 Å². The van der Waals surface area contributed by atoms with E-state index in [4.69, 9.17) is 0 Å². The first kappa shape index (κ1) is 19.1. The molecule has 1 atom stereocenters. The molecule has 4 nitrogen and oxygen atoms in total. The van der Waals surface area contributed by atoms with Crippen molar-refractivity contribution >= 4 is 27.5 Å². The molecule has 0 spiro atoms. The highest BCUT2D eigenvalue weighted by Crippen LogP contribution is 2.37. The minimum absolute atomic E-state index is 0.0969. The van der Waals surface area contributed by atoms with Crippen LogP contribution < -0.4 is 0 Å². The van der Waals surface area contributed by atoms with Crippen LogP contribution >= 0.6 is 15.9 Å². The van der Waals surface area contributed by atoms with Crippen LogP contribution in [-0.4, -0.2) is 21.7 Å². The fourth-order valence-electron chi connectivity index (χ4n) is 3.00. The highest BCUT2D eigenvalue weighted by atomic mass is 79.9. The molecule has 0 unspecified atom stereocenters. The quantitative estimate of drug-likeness (QED) is 0.633. The van der Waals surface area contributed by atoms with E-state index in [0.717, 1.165) is 35.9 Å². The lowest BCUT2D eigenvalue weighted by Gasteiger charge is -2.31. The molecule has 1 heterocycles. The number of hydrogen-bond donors (Lipinski definition) is 1. The van der Waals surface area contributed by atoms with Gasteiger partial charge in [0, 0.05) is 28.6 Å². The van der Waals surface area contributed by atoms with Gasteiger partial charge in [-0.2, -0.15) is 10.1 Å². The molecular formula is C19H27BrN2O2. The van der Waals surface area contributed by atoms with Crippen molar-refractivity contribution in [2.75, 3.05) is 0 Å². The summed E-state index contributed by atoms with van der Waals surface area (Å²) < 4.78 is 0.943. The zero-order valence-electron chi connectivity index (χ0n) is 14.6. The fourth-order valence-corrected chi connectivity index (χ4v) is 3.27. The van der Waals surface area contributed by atoms with Crippen molar-refractivity contribution in [3.63, 3.8) is 0 Å². The zero-order valence-corrected chi connectivity index (χ0v) is 16.2. The van der Waals surface area contributed by atoms with Crippen molar-refractivity contribution in [1.82, 2.24) is 5.01 Å². The summed E-state index contributed by atoms with van der Waals surface area (Å²) in [4.78, 5) is 12.6. The number of amides is 1. The topological polar surface area (TPSA) is 52.9 Å². The summed E-state index contributed by atoms with van der Waals surface area (Å²) in [7, 11) is 0. The number of aliphatic hydroxyl groups is 1. The van der Waals surface area contributed by atoms with Crippen molar-refractivity contribution in [2.45, 2.75) is 70.9 Å². The summed E-state index contributed by atoms with van der Waals surface area (Å²) in [5, 5.41) is 16.9. The number of unbranched alkanes of at least 4 members (excludes halogenated alkanes) is 4. The highest BCUT2D eigenvalue weighted by Gasteiger charge is 2.44. The predicted molar refractivity (Wildman–Crippen MR) is 101 cm³/mol. The van der Waals surface area contributed by atoms with Crippen LogP contribution in [0.25, 0.3) is 0 Å². The minimum atomic E-state index is -1.35. The summed E-state index contributed by atoms with van der Waals surface area (Å²) in [6, 6.07) is 7.45. The molecule has 0 fully saturated rings. The van der Waals surface area contributed by atoms with Crippen LogP contribution in [0.3, 0.4) is 0 Å². The number of rotatable bonds is 8. The van der Waals surface area contributed by atoms with Crippen molar-refractivity contribution in [3.8, 4) is 0 Å². The van der Waals surface area contributed by atoms with Crippen LogP contribution in [-0.2, 0) is 10.5 Å². The molecule has 1 aliphatic heterocycles. The number of halogens is 1. The van der Waals surface area contributed by atoms with Gasteiger partial charge >= 0.3 is 0 Å². The maximum Gasteiger partial charge on any atom is 0.245 e. The second-order valence-corrected chi connectivity index (χ2v) is 7.31. The highest BCUT2D eigenvalue weighted by molar-refractivity contribution is 9.10. The van der Waals surface area contributed by atoms with Gasteiger partial charge in [0.15, 0.2) is 5.72 Å². The summed E-state index contributed by atoms with van der Waals surface area (Å²) in [5.74, 6) is -0.0969. The number of hydrazone groups is 1. The lowest BCUT2D eigenvalue weighted by molar-refractivity contribution is -0.157. The van der Waals surface area contributed by atoms with Gasteiger partial charge in [-0.3, -0.25) is 4.79 Å². The molecule has 2 rings (SSSR count). The Morgan fingerprint density at radius 2 is 1.88 bits per heavy atom. The van der Waals surface area contributed by atoms with Crippen LogP contribution in [0.4, 0.5) is 0 Å². The SMILES string of the molecule is CCCCCCCC(=O)N1N=C(CC)C[C@@]1(O)c1ccc(Br)cc1. The van der Waals surface area contributed by atoms with Gasteiger partial charge in [0.1, 0.15) is 0 Å². The molecule has 0 aromatic heterocycles. The molecular weight excluding hydrogens is 368 g/mol. The van der Waals surface area contributed by atoms with Crippen molar-refractivity contribution in [3.05, 3.63) is 34.3 Å². The first-order valence-corrected chi connectivity index (χ1v) is 9.68. The Morgan fingerprint density at radius 1 is 1.21 bits per heavy atom. The number of benzene rings is 1. The van der Waals surface area contributed by atoms with E-state index in [9.17, 15) is 9.90 Å². The molecule has 1 aromatic carbocycles. The Hall–Kier alpha value is -1.20. The zero-order chi connectivity index (χ0) is 17.6. The first-order valence-electron chi connectivity index (χ1n) is 8.89. The summed E-state index contributed by atoms with van der Waals surface area (Å²) in [6.07, 6.45) is 7.00. The van der Waals surface area contributed by atoms with Gasteiger partial charge in [-0.15, -0.1) is 0 Å². The van der Waals surface area contributed by atoms with Gasteiger partial charge in [-0.25, -0.2) is 0 Å². The number of carbonyl (C=O) groups is 1. The van der Waals surface area contributed by atoms with E-state index >= 15 is 0 Å². The molecule has 1 amide bonds. The second-order valence-electron chi connectivity index (χ2n) is 6.39. The predicted octanol–water partition coefficient (Wildman–Crippen LogP) is 4.95. The normalized spacial score (nSPS) is 20.3. The number of carbonyl (C=O) groups excluding carboxylic acids is 1. The van der Waals surface area contributed by atoms with E-state index in [1.807, 2.05) is 31.2 Å². The van der Waals surface area contributed by atoms with Gasteiger partial charge in [0.25, 0.3) is 0 Å². The van der Waals surface area contributed by atoms with Crippen LogP contribution in [0.2, 0.25) is 0 Å².